The molecule has 1 saturated heterocycles. The Morgan fingerprint density at radius 3 is 2.71 bits per heavy atom. The van der Waals surface area contributed by atoms with E-state index in [-0.39, 0.29) is 11.5 Å². The molecule has 5 rings (SSSR count). The van der Waals surface area contributed by atoms with Crippen molar-refractivity contribution in [3.05, 3.63) is 81.5 Å². The number of ether oxygens (including phenoxy) is 1. The van der Waals surface area contributed by atoms with Crippen molar-refractivity contribution in [2.45, 2.75) is 19.9 Å². The van der Waals surface area contributed by atoms with Gasteiger partial charge in [0, 0.05) is 44.7 Å². The molecule has 2 aromatic carbocycles. The lowest BCUT2D eigenvalue weighted by Gasteiger charge is -2.34. The summed E-state index contributed by atoms with van der Waals surface area (Å²) in [5.41, 5.74) is 3.62. The number of hydrogen-bond donors (Lipinski definition) is 1. The normalized spacial score (nSPS) is 15.6. The number of nitrogens with one attached hydrogen (secondary N) is 1. The number of thiophene rings is 1. The zero-order chi connectivity index (χ0) is 23.7. The van der Waals surface area contributed by atoms with Gasteiger partial charge in [0.2, 0.25) is 0 Å². The Kier molecular flexibility index (Phi) is 6.34. The summed E-state index contributed by atoms with van der Waals surface area (Å²) in [6.45, 7) is 6.45. The van der Waals surface area contributed by atoms with E-state index in [1.54, 1.807) is 12.1 Å². The Labute approximate surface area is 201 Å². The fourth-order valence-corrected chi connectivity index (χ4v) is 5.45. The van der Waals surface area contributed by atoms with Crippen LogP contribution in [-0.2, 0) is 13.0 Å². The van der Waals surface area contributed by atoms with Gasteiger partial charge in [-0.15, -0.1) is 11.3 Å². The molecule has 0 atom stereocenters. The van der Waals surface area contributed by atoms with E-state index in [1.807, 2.05) is 11.8 Å². The lowest BCUT2D eigenvalue weighted by atomic mass is 10.1. The van der Waals surface area contributed by atoms with E-state index in [0.717, 1.165) is 44.0 Å². The smallest absolute Gasteiger partial charge is 0.264 e. The van der Waals surface area contributed by atoms with E-state index in [0.29, 0.717) is 23.0 Å². The molecule has 0 aliphatic carbocycles. The highest BCUT2D eigenvalue weighted by atomic mass is 32.1. The van der Waals surface area contributed by atoms with Crippen molar-refractivity contribution in [1.29, 1.82) is 0 Å². The van der Waals surface area contributed by atoms with Crippen molar-refractivity contribution >= 4 is 28.2 Å². The summed E-state index contributed by atoms with van der Waals surface area (Å²) in [6.07, 6.45) is 0.969. The van der Waals surface area contributed by atoms with Crippen LogP contribution in [0.2, 0.25) is 0 Å². The van der Waals surface area contributed by atoms with Gasteiger partial charge in [-0.1, -0.05) is 18.2 Å². The second-order valence-corrected chi connectivity index (χ2v) is 9.75. The van der Waals surface area contributed by atoms with Crippen LogP contribution in [0.25, 0.3) is 0 Å². The average Bonchev–Trinajstić information content (AvgIpc) is 3.45. The molecule has 0 unspecified atom stereocenters. The van der Waals surface area contributed by atoms with Crippen molar-refractivity contribution in [2.75, 3.05) is 38.1 Å². The third-order valence-electron chi connectivity index (χ3n) is 6.26. The summed E-state index contributed by atoms with van der Waals surface area (Å²) < 4.78 is 19.0. The van der Waals surface area contributed by atoms with Crippen LogP contribution in [0.3, 0.4) is 0 Å². The average molecular weight is 480 g/mol. The molecule has 0 radical (unpaired) electrons. The van der Waals surface area contributed by atoms with Crippen LogP contribution in [0, 0.1) is 12.7 Å². The second-order valence-electron chi connectivity index (χ2n) is 8.70. The predicted molar refractivity (Wildman–Crippen MR) is 130 cm³/mol. The second kappa shape index (κ2) is 9.56. The van der Waals surface area contributed by atoms with Gasteiger partial charge < -0.3 is 15.0 Å². The van der Waals surface area contributed by atoms with Gasteiger partial charge in [0.15, 0.2) is 0 Å². The Morgan fingerprint density at radius 1 is 1.09 bits per heavy atom. The minimum absolute atomic E-state index is 0.0110. The first-order valence-corrected chi connectivity index (χ1v) is 12.2. The van der Waals surface area contributed by atoms with Crippen LogP contribution in [0.5, 0.6) is 5.75 Å². The molecular weight excluding hydrogens is 453 g/mol. The van der Waals surface area contributed by atoms with Crippen LogP contribution in [0.15, 0.2) is 48.5 Å². The number of fused-ring (bicyclic) bond motifs is 1. The molecule has 3 heterocycles. The third-order valence-corrected chi connectivity index (χ3v) is 7.40. The molecule has 2 amide bonds. The molecule has 6 nitrogen and oxygen atoms in total. The van der Waals surface area contributed by atoms with E-state index in [9.17, 15) is 14.0 Å². The van der Waals surface area contributed by atoms with Crippen molar-refractivity contribution in [3.8, 4) is 5.75 Å². The number of nitrogens with zero attached hydrogens (tertiary/aromatic N) is 2. The topological polar surface area (TPSA) is 61.9 Å². The Balaban J connectivity index is 1.18. The summed E-state index contributed by atoms with van der Waals surface area (Å²) in [4.78, 5) is 30.5. The maximum Gasteiger partial charge on any atom is 0.264 e. The minimum Gasteiger partial charge on any atom is -0.493 e. The van der Waals surface area contributed by atoms with E-state index >= 15 is 0 Å². The highest BCUT2D eigenvalue weighted by Gasteiger charge is 2.25. The lowest BCUT2D eigenvalue weighted by molar-refractivity contribution is 0.0632. The number of piperazine rings is 1. The number of hydrogen-bond acceptors (Lipinski definition) is 5. The van der Waals surface area contributed by atoms with Gasteiger partial charge in [-0.25, -0.2) is 4.39 Å². The number of benzene rings is 2. The zero-order valence-electron chi connectivity index (χ0n) is 19.0. The maximum absolute atomic E-state index is 13.4. The SMILES string of the molecule is Cc1cc(NC(=O)c2cccc(F)c2)sc1C(=O)N1CCN(Cc2ccc3c(c2)CCO3)CC1. The quantitative estimate of drug-likeness (QED) is 0.591. The van der Waals surface area contributed by atoms with E-state index in [1.165, 1.54) is 40.7 Å². The molecule has 34 heavy (non-hydrogen) atoms. The molecule has 3 aromatic rings. The van der Waals surface area contributed by atoms with Crippen molar-refractivity contribution in [2.24, 2.45) is 0 Å². The standard InChI is InChI=1S/C26H26FN3O3S/c1-17-13-23(28-25(31)20-3-2-4-21(27)15-20)34-24(17)26(32)30-10-8-29(9-11-30)16-18-5-6-22-19(14-18)7-12-33-22/h2-6,13-15H,7-12,16H2,1H3,(H,28,31). The minimum atomic E-state index is -0.463. The fourth-order valence-electron chi connectivity index (χ4n) is 4.42. The van der Waals surface area contributed by atoms with Gasteiger partial charge in [0.05, 0.1) is 16.5 Å². The number of aryl methyl sites for hydroxylation is 1. The molecule has 0 saturated carbocycles. The van der Waals surface area contributed by atoms with Gasteiger partial charge in [0.1, 0.15) is 11.6 Å². The van der Waals surface area contributed by atoms with Gasteiger partial charge in [-0.3, -0.25) is 14.5 Å². The van der Waals surface area contributed by atoms with Crippen LogP contribution in [0.1, 0.15) is 36.7 Å². The van der Waals surface area contributed by atoms with E-state index < -0.39 is 11.7 Å². The highest BCUT2D eigenvalue weighted by Crippen LogP contribution is 2.29. The highest BCUT2D eigenvalue weighted by molar-refractivity contribution is 7.18. The van der Waals surface area contributed by atoms with Crippen LogP contribution in [-0.4, -0.2) is 54.4 Å². The van der Waals surface area contributed by atoms with Gasteiger partial charge in [-0.05, 0) is 53.9 Å². The molecule has 2 aliphatic heterocycles. The van der Waals surface area contributed by atoms with Crippen molar-refractivity contribution < 1.29 is 18.7 Å². The summed E-state index contributed by atoms with van der Waals surface area (Å²) in [7, 11) is 0. The van der Waals surface area contributed by atoms with Crippen LogP contribution in [0.4, 0.5) is 9.39 Å². The van der Waals surface area contributed by atoms with Crippen molar-refractivity contribution in [3.63, 3.8) is 0 Å². The fraction of sp³-hybridized carbons (Fsp3) is 0.308. The molecule has 0 bridgehead atoms. The zero-order valence-corrected chi connectivity index (χ0v) is 19.8. The Morgan fingerprint density at radius 2 is 1.91 bits per heavy atom. The Hall–Kier alpha value is -3.23. The number of carbonyl (C=O) groups excluding carboxylic acids is 2. The largest absolute Gasteiger partial charge is 0.493 e. The summed E-state index contributed by atoms with van der Waals surface area (Å²) in [6, 6.07) is 13.7. The number of anilines is 1. The molecule has 1 aromatic heterocycles. The molecule has 176 valence electrons. The number of amides is 2. The lowest BCUT2D eigenvalue weighted by Crippen LogP contribution is -2.48. The maximum atomic E-state index is 13.4. The molecular formula is C26H26FN3O3S. The van der Waals surface area contributed by atoms with E-state index in [4.69, 9.17) is 4.74 Å². The first-order valence-electron chi connectivity index (χ1n) is 11.4. The summed E-state index contributed by atoms with van der Waals surface area (Å²) in [5.74, 6) is 0.127. The Bertz CT molecular complexity index is 1230. The first kappa shape index (κ1) is 22.6. The molecule has 1 N–H and O–H groups in total. The number of halogens is 1. The van der Waals surface area contributed by atoms with Crippen LogP contribution < -0.4 is 10.1 Å². The molecule has 1 fully saturated rings. The molecule has 0 spiro atoms. The summed E-state index contributed by atoms with van der Waals surface area (Å²) >= 11 is 1.26. The first-order chi connectivity index (χ1) is 16.5. The molecule has 8 heteroatoms. The monoisotopic (exact) mass is 479 g/mol. The number of carbonyl (C=O) groups is 2. The number of rotatable bonds is 5. The van der Waals surface area contributed by atoms with Gasteiger partial charge in [-0.2, -0.15) is 0 Å². The third kappa shape index (κ3) is 4.83. The van der Waals surface area contributed by atoms with Gasteiger partial charge >= 0.3 is 0 Å². The predicted octanol–water partition coefficient (Wildman–Crippen LogP) is 4.34. The van der Waals surface area contributed by atoms with Gasteiger partial charge in [0.25, 0.3) is 11.8 Å². The van der Waals surface area contributed by atoms with Crippen LogP contribution >= 0.6 is 11.3 Å². The van der Waals surface area contributed by atoms with Crippen molar-refractivity contribution in [1.82, 2.24) is 9.80 Å². The summed E-state index contributed by atoms with van der Waals surface area (Å²) in [5, 5.41) is 3.36. The molecule has 2 aliphatic rings. The van der Waals surface area contributed by atoms with E-state index in [2.05, 4.69) is 28.4 Å².